The number of nitrogens with zero attached hydrogens (tertiary/aromatic N) is 4. The van der Waals surface area contributed by atoms with Gasteiger partial charge in [-0.3, -0.25) is 9.20 Å². The van der Waals surface area contributed by atoms with Crippen LogP contribution in [0.2, 0.25) is 0 Å². The van der Waals surface area contributed by atoms with Gasteiger partial charge in [0.25, 0.3) is 5.56 Å². The van der Waals surface area contributed by atoms with Crippen molar-refractivity contribution in [2.45, 2.75) is 0 Å². The quantitative estimate of drug-likeness (QED) is 0.451. The van der Waals surface area contributed by atoms with Crippen molar-refractivity contribution in [3.05, 3.63) is 34.8 Å². The van der Waals surface area contributed by atoms with Gasteiger partial charge in [0, 0.05) is 24.8 Å². The molecule has 0 spiro atoms. The lowest BCUT2D eigenvalue weighted by molar-refractivity contribution is 1.10. The van der Waals surface area contributed by atoms with Gasteiger partial charge in [-0.25, -0.2) is 12.7 Å². The summed E-state index contributed by atoms with van der Waals surface area (Å²) in [4.78, 5) is 23.5. The number of H-pyrrole nitrogens is 1. The molecule has 0 unspecified atom stereocenters. The average Bonchev–Trinajstić information content (AvgIpc) is 3.03. The van der Waals surface area contributed by atoms with Gasteiger partial charge in [0.15, 0.2) is 11.2 Å². The van der Waals surface area contributed by atoms with Gasteiger partial charge in [-0.15, -0.1) is 0 Å². The van der Waals surface area contributed by atoms with Crippen LogP contribution in [0.3, 0.4) is 0 Å². The van der Waals surface area contributed by atoms with Crippen molar-refractivity contribution in [3.63, 3.8) is 0 Å². The maximum Gasteiger partial charge on any atom is 0.289 e. The lowest BCUT2D eigenvalue weighted by atomic mass is 10.3. The first-order valence-electron chi connectivity index (χ1n) is 5.24. The zero-order chi connectivity index (χ0) is 13.6. The summed E-state index contributed by atoms with van der Waals surface area (Å²) in [6.07, 6.45) is 5.64. The van der Waals surface area contributed by atoms with Gasteiger partial charge < -0.3 is 16.1 Å². The van der Waals surface area contributed by atoms with E-state index >= 15 is 0 Å². The number of fused-ring (bicyclic) bond motifs is 3. The minimum atomic E-state index is -0.241. The highest BCUT2D eigenvalue weighted by molar-refractivity contribution is 14.1. The second-order valence-corrected chi connectivity index (χ2v) is 4.70. The summed E-state index contributed by atoms with van der Waals surface area (Å²) < 4.78 is 3.10. The van der Waals surface area contributed by atoms with Crippen LogP contribution < -0.4 is 11.3 Å². The lowest BCUT2D eigenvalue weighted by Crippen LogP contribution is -2.15. The molecule has 4 N–H and O–H groups in total. The highest BCUT2D eigenvalue weighted by atomic mass is 127. The number of imidazole rings is 2. The van der Waals surface area contributed by atoms with Gasteiger partial charge in [0.1, 0.15) is 5.82 Å². The third kappa shape index (κ3) is 1.58. The molecule has 8 nitrogen and oxygen atoms in total. The lowest BCUT2D eigenvalue weighted by Gasteiger charge is -1.98. The Morgan fingerprint density at radius 3 is 3.05 bits per heavy atom. The molecule has 0 atom stereocenters. The Morgan fingerprint density at radius 2 is 2.37 bits per heavy atom. The topological polar surface area (TPSA) is 118 Å². The largest absolute Gasteiger partial charge is 0.404 e. The Morgan fingerprint density at radius 1 is 1.58 bits per heavy atom. The van der Waals surface area contributed by atoms with E-state index in [9.17, 15) is 4.79 Å². The minimum Gasteiger partial charge on any atom is -0.404 e. The fraction of sp³-hybridized carbons (Fsp3) is 0. The molecule has 9 heteroatoms. The molecule has 0 saturated carbocycles. The van der Waals surface area contributed by atoms with Gasteiger partial charge in [0.2, 0.25) is 5.78 Å². The van der Waals surface area contributed by atoms with Crippen molar-refractivity contribution in [1.82, 2.24) is 22.1 Å². The van der Waals surface area contributed by atoms with Crippen molar-refractivity contribution >= 4 is 51.6 Å². The molecule has 3 aromatic heterocycles. The third-order valence-corrected chi connectivity index (χ3v) is 3.58. The van der Waals surface area contributed by atoms with Crippen LogP contribution in [0.25, 0.3) is 22.5 Å². The summed E-state index contributed by atoms with van der Waals surface area (Å²) in [5, 5.41) is 7.26. The molecule has 0 aliphatic carbocycles. The smallest absolute Gasteiger partial charge is 0.289 e. The number of halogens is 1. The van der Waals surface area contributed by atoms with E-state index in [2.05, 4.69) is 15.0 Å². The van der Waals surface area contributed by atoms with Crippen molar-refractivity contribution in [3.8, 4) is 0 Å². The zero-order valence-corrected chi connectivity index (χ0v) is 11.6. The number of nitrogens with one attached hydrogen (secondary N) is 2. The standard InChI is InChI=1S/C10H8IN7O/c11-18-9(19)6-8(17-2-1-14-10(17)18)16-7(15-6)5(3-12)4-13/h1-4,12H,13H2,(H,15,16)/b5-4+,12-3?. The van der Waals surface area contributed by atoms with Crippen molar-refractivity contribution in [2.24, 2.45) is 5.73 Å². The van der Waals surface area contributed by atoms with Crippen LogP contribution in [-0.4, -0.2) is 28.3 Å². The third-order valence-electron chi connectivity index (χ3n) is 2.71. The van der Waals surface area contributed by atoms with Crippen LogP contribution >= 0.6 is 22.9 Å². The molecule has 0 aromatic carbocycles. The Hall–Kier alpha value is -2.17. The Kier molecular flexibility index (Phi) is 2.62. The fourth-order valence-electron chi connectivity index (χ4n) is 1.81. The van der Waals surface area contributed by atoms with Gasteiger partial charge in [-0.1, -0.05) is 0 Å². The second-order valence-electron chi connectivity index (χ2n) is 3.73. The average molecular weight is 369 g/mol. The number of allylic oxidation sites excluding steroid dienone is 1. The van der Waals surface area contributed by atoms with E-state index in [-0.39, 0.29) is 5.56 Å². The van der Waals surface area contributed by atoms with Crippen LogP contribution in [-0.2, 0) is 0 Å². The minimum absolute atomic E-state index is 0.241. The molecule has 0 amide bonds. The molecule has 0 saturated heterocycles. The molecule has 0 fully saturated rings. The van der Waals surface area contributed by atoms with Crippen molar-refractivity contribution in [1.29, 1.82) is 5.41 Å². The highest BCUT2D eigenvalue weighted by Crippen LogP contribution is 2.15. The molecule has 3 rings (SSSR count). The number of aromatic amines is 1. The van der Waals surface area contributed by atoms with Gasteiger partial charge in [-0.05, 0) is 0 Å². The number of hydrogen-bond acceptors (Lipinski definition) is 5. The summed E-state index contributed by atoms with van der Waals surface area (Å²) in [5.74, 6) is 0.867. The number of nitrogens with two attached hydrogens (primary N) is 1. The summed E-state index contributed by atoms with van der Waals surface area (Å²) in [6.45, 7) is 0. The molecule has 0 bridgehead atoms. The van der Waals surface area contributed by atoms with E-state index in [1.54, 1.807) is 16.8 Å². The molecule has 0 radical (unpaired) electrons. The highest BCUT2D eigenvalue weighted by Gasteiger charge is 2.15. The summed E-state index contributed by atoms with van der Waals surface area (Å²) >= 11 is 1.88. The van der Waals surface area contributed by atoms with Crippen LogP contribution in [0.4, 0.5) is 0 Å². The maximum atomic E-state index is 12.2. The van der Waals surface area contributed by atoms with E-state index in [1.165, 1.54) is 8.98 Å². The number of rotatable bonds is 2. The Balaban J connectivity index is 2.49. The first kappa shape index (κ1) is 11.9. The predicted molar refractivity (Wildman–Crippen MR) is 79.5 cm³/mol. The first-order valence-corrected chi connectivity index (χ1v) is 6.20. The van der Waals surface area contributed by atoms with Crippen LogP contribution in [0.15, 0.2) is 23.4 Å². The number of aromatic nitrogens is 5. The maximum absolute atomic E-state index is 12.2. The molecule has 3 heterocycles. The van der Waals surface area contributed by atoms with Crippen LogP contribution in [0.1, 0.15) is 5.82 Å². The molecular formula is C10H8IN7O. The van der Waals surface area contributed by atoms with E-state index in [1.807, 2.05) is 22.9 Å². The SMILES string of the molecule is N=C/C(=C\N)c1nc2c([nH]1)c(=O)n(I)c1nccn21. The van der Waals surface area contributed by atoms with Crippen LogP contribution in [0.5, 0.6) is 0 Å². The van der Waals surface area contributed by atoms with Gasteiger partial charge in [-0.2, -0.15) is 0 Å². The Bertz CT molecular complexity index is 884. The number of hydrogen-bond donors (Lipinski definition) is 3. The molecule has 0 aliphatic heterocycles. The molecule has 0 aliphatic rings. The zero-order valence-electron chi connectivity index (χ0n) is 9.46. The van der Waals surface area contributed by atoms with E-state index in [4.69, 9.17) is 11.1 Å². The van der Waals surface area contributed by atoms with Gasteiger partial charge in [0.05, 0.1) is 28.4 Å². The van der Waals surface area contributed by atoms with Crippen LogP contribution in [0, 0.1) is 5.41 Å². The van der Waals surface area contributed by atoms with E-state index in [0.29, 0.717) is 28.3 Å². The van der Waals surface area contributed by atoms with Gasteiger partial charge >= 0.3 is 0 Å². The monoisotopic (exact) mass is 369 g/mol. The molecular weight excluding hydrogens is 361 g/mol. The fourth-order valence-corrected chi connectivity index (χ4v) is 2.41. The molecule has 19 heavy (non-hydrogen) atoms. The molecule has 96 valence electrons. The first-order chi connectivity index (χ1) is 9.17. The normalized spacial score (nSPS) is 12.4. The van der Waals surface area contributed by atoms with E-state index in [0.717, 1.165) is 6.21 Å². The van der Waals surface area contributed by atoms with Crippen molar-refractivity contribution in [2.75, 3.05) is 0 Å². The predicted octanol–water partition coefficient (Wildman–Crippen LogP) is 0.520. The summed E-state index contributed by atoms with van der Waals surface area (Å²) in [7, 11) is 0. The molecule has 3 aromatic rings. The van der Waals surface area contributed by atoms with Crippen molar-refractivity contribution < 1.29 is 0 Å². The second kappa shape index (κ2) is 4.19. The summed E-state index contributed by atoms with van der Waals surface area (Å²) in [5.41, 5.74) is 6.39. The Labute approximate surface area is 120 Å². The van der Waals surface area contributed by atoms with E-state index < -0.39 is 0 Å². The summed E-state index contributed by atoms with van der Waals surface area (Å²) in [6, 6.07) is 0.